The van der Waals surface area contributed by atoms with E-state index in [1.807, 2.05) is 43.3 Å². The third-order valence-electron chi connectivity index (χ3n) is 4.68. The van der Waals surface area contributed by atoms with Gasteiger partial charge in [0.05, 0.1) is 12.0 Å². The van der Waals surface area contributed by atoms with Crippen molar-refractivity contribution in [2.24, 2.45) is 0 Å². The number of amides is 3. The second-order valence-corrected chi connectivity index (χ2v) is 8.76. The average molecular weight is 470 g/mol. The molecule has 1 aliphatic heterocycles. The molecule has 0 aliphatic carbocycles. The molecule has 7 nitrogen and oxygen atoms in total. The van der Waals surface area contributed by atoms with E-state index in [1.54, 1.807) is 25.3 Å². The van der Waals surface area contributed by atoms with Gasteiger partial charge in [-0.2, -0.15) is 0 Å². The van der Waals surface area contributed by atoms with Crippen LogP contribution < -0.4 is 15.6 Å². The van der Waals surface area contributed by atoms with Crippen molar-refractivity contribution < 1.29 is 19.1 Å². The number of nitrogens with zero attached hydrogens (tertiary/aromatic N) is 1. The number of carbonyl (C=O) groups excluding carboxylic acids is 3. The first-order chi connectivity index (χ1) is 15.4. The quantitative estimate of drug-likeness (QED) is 0.367. The van der Waals surface area contributed by atoms with Crippen LogP contribution in [0.1, 0.15) is 34.3 Å². The predicted octanol–water partition coefficient (Wildman–Crippen LogP) is 3.45. The fraction of sp³-hybridized carbons (Fsp3) is 0.217. The molecule has 9 heteroatoms. The summed E-state index contributed by atoms with van der Waals surface area (Å²) in [5, 5.41) is 0. The van der Waals surface area contributed by atoms with Crippen molar-refractivity contribution in [3.8, 4) is 5.75 Å². The molecule has 0 atom stereocenters. The van der Waals surface area contributed by atoms with Crippen LogP contribution in [0.4, 0.5) is 0 Å². The molecule has 2 aromatic carbocycles. The van der Waals surface area contributed by atoms with Crippen LogP contribution in [-0.4, -0.2) is 40.6 Å². The number of aryl methyl sites for hydroxylation is 1. The molecule has 0 radical (unpaired) electrons. The lowest BCUT2D eigenvalue weighted by Crippen LogP contribution is -2.41. The smallest absolute Gasteiger partial charge is 0.269 e. The molecule has 0 spiro atoms. The summed E-state index contributed by atoms with van der Waals surface area (Å²) in [5.41, 5.74) is 7.12. The Morgan fingerprint density at radius 3 is 2.62 bits per heavy atom. The van der Waals surface area contributed by atoms with Crippen LogP contribution in [0.5, 0.6) is 5.75 Å². The minimum absolute atomic E-state index is 0.139. The summed E-state index contributed by atoms with van der Waals surface area (Å²) in [5.74, 6) is -0.216. The van der Waals surface area contributed by atoms with E-state index in [1.165, 1.54) is 16.7 Å². The number of hydrogen-bond donors (Lipinski definition) is 2. The summed E-state index contributed by atoms with van der Waals surface area (Å²) < 4.78 is 5.66. The third kappa shape index (κ3) is 6.18. The monoisotopic (exact) mass is 469 g/mol. The number of rotatable bonds is 7. The highest BCUT2D eigenvalue weighted by Crippen LogP contribution is 2.33. The first kappa shape index (κ1) is 23.5. The van der Waals surface area contributed by atoms with Gasteiger partial charge in [-0.15, -0.1) is 0 Å². The number of hydrazine groups is 1. The van der Waals surface area contributed by atoms with Crippen molar-refractivity contribution >= 4 is 52.1 Å². The van der Waals surface area contributed by atoms with Crippen molar-refractivity contribution in [2.45, 2.75) is 19.8 Å². The largest absolute Gasteiger partial charge is 0.497 e. The molecule has 3 rings (SSSR count). The van der Waals surface area contributed by atoms with Gasteiger partial charge in [-0.05, 0) is 49.2 Å². The van der Waals surface area contributed by atoms with Gasteiger partial charge >= 0.3 is 0 Å². The predicted molar refractivity (Wildman–Crippen MR) is 129 cm³/mol. The van der Waals surface area contributed by atoms with Gasteiger partial charge in [0.2, 0.25) is 5.91 Å². The normalized spacial score (nSPS) is 14.6. The lowest BCUT2D eigenvalue weighted by Gasteiger charge is -2.14. The summed E-state index contributed by atoms with van der Waals surface area (Å²) in [4.78, 5) is 38.8. The van der Waals surface area contributed by atoms with Gasteiger partial charge in [0, 0.05) is 18.5 Å². The molecular formula is C23H23N3O4S2. The maximum absolute atomic E-state index is 12.7. The Hall–Kier alpha value is -3.17. The van der Waals surface area contributed by atoms with Crippen LogP contribution in [0.3, 0.4) is 0 Å². The van der Waals surface area contributed by atoms with Gasteiger partial charge in [0.15, 0.2) is 0 Å². The number of carbonyl (C=O) groups is 3. The minimum Gasteiger partial charge on any atom is -0.497 e. The number of methoxy groups -OCH3 is 1. The van der Waals surface area contributed by atoms with Crippen LogP contribution in [0.25, 0.3) is 6.08 Å². The van der Waals surface area contributed by atoms with Crippen molar-refractivity contribution in [3.63, 3.8) is 0 Å². The van der Waals surface area contributed by atoms with E-state index in [9.17, 15) is 14.4 Å². The third-order valence-corrected chi connectivity index (χ3v) is 6.06. The fourth-order valence-electron chi connectivity index (χ4n) is 2.94. The molecule has 2 aromatic rings. The molecule has 32 heavy (non-hydrogen) atoms. The molecule has 2 N–H and O–H groups in total. The lowest BCUT2D eigenvalue weighted by molar-refractivity contribution is -0.124. The zero-order valence-corrected chi connectivity index (χ0v) is 19.3. The first-order valence-electron chi connectivity index (χ1n) is 9.92. The number of hydrogen-bond acceptors (Lipinski definition) is 6. The highest BCUT2D eigenvalue weighted by molar-refractivity contribution is 8.26. The standard InChI is InChI=1S/C23H23N3O4S2/c1-15-8-10-17(11-9-15)21(28)25-24-20(27)7-4-12-26-22(29)19(32-23(26)31)14-16-5-3-6-18(13-16)30-2/h3,5-6,8-11,13-14H,4,7,12H2,1-2H3,(H,24,27)(H,25,28)/b19-14-. The van der Waals surface area contributed by atoms with E-state index < -0.39 is 5.91 Å². The molecule has 1 saturated heterocycles. The Morgan fingerprint density at radius 2 is 1.91 bits per heavy atom. The summed E-state index contributed by atoms with van der Waals surface area (Å²) >= 11 is 6.56. The number of ether oxygens (including phenoxy) is 1. The Morgan fingerprint density at radius 1 is 1.16 bits per heavy atom. The van der Waals surface area contributed by atoms with Crippen molar-refractivity contribution in [1.82, 2.24) is 15.8 Å². The zero-order chi connectivity index (χ0) is 23.1. The molecule has 1 fully saturated rings. The maximum Gasteiger partial charge on any atom is 0.269 e. The van der Waals surface area contributed by atoms with Crippen LogP contribution in [0.2, 0.25) is 0 Å². The highest BCUT2D eigenvalue weighted by Gasteiger charge is 2.31. The van der Waals surface area contributed by atoms with Gasteiger partial charge in [-0.1, -0.05) is 53.8 Å². The minimum atomic E-state index is -0.391. The molecular weight excluding hydrogens is 446 g/mol. The van der Waals surface area contributed by atoms with Crippen LogP contribution in [0, 0.1) is 6.92 Å². The Balaban J connectivity index is 1.47. The van der Waals surface area contributed by atoms with Crippen molar-refractivity contribution in [3.05, 3.63) is 70.1 Å². The first-order valence-corrected chi connectivity index (χ1v) is 11.1. The van der Waals surface area contributed by atoms with Gasteiger partial charge in [0.1, 0.15) is 10.1 Å². The SMILES string of the molecule is COc1cccc(/C=C2\SC(=S)N(CCCC(=O)NNC(=O)c3ccc(C)cc3)C2=O)c1. The summed E-state index contributed by atoms with van der Waals surface area (Å²) in [6.07, 6.45) is 2.32. The second-order valence-electron chi connectivity index (χ2n) is 7.08. The van der Waals surface area contributed by atoms with Crippen LogP contribution >= 0.6 is 24.0 Å². The van der Waals surface area contributed by atoms with Gasteiger partial charge in [-0.25, -0.2) is 0 Å². The Labute approximate surface area is 196 Å². The van der Waals surface area contributed by atoms with E-state index in [0.29, 0.717) is 33.5 Å². The highest BCUT2D eigenvalue weighted by atomic mass is 32.2. The van der Waals surface area contributed by atoms with Gasteiger partial charge in [-0.3, -0.25) is 30.1 Å². The number of thioether (sulfide) groups is 1. The molecule has 0 saturated carbocycles. The van der Waals surface area contributed by atoms with Gasteiger partial charge in [0.25, 0.3) is 11.8 Å². The Bertz CT molecular complexity index is 1070. The van der Waals surface area contributed by atoms with Crippen molar-refractivity contribution in [1.29, 1.82) is 0 Å². The second kappa shape index (κ2) is 10.9. The van der Waals surface area contributed by atoms with Crippen molar-refractivity contribution in [2.75, 3.05) is 13.7 Å². The lowest BCUT2D eigenvalue weighted by atomic mass is 10.1. The maximum atomic E-state index is 12.7. The molecule has 1 aliphatic rings. The average Bonchev–Trinajstić information content (AvgIpc) is 3.05. The molecule has 3 amide bonds. The van der Waals surface area contributed by atoms with Crippen LogP contribution in [0.15, 0.2) is 53.4 Å². The molecule has 0 bridgehead atoms. The van der Waals surface area contributed by atoms with E-state index in [2.05, 4.69) is 10.9 Å². The Kier molecular flexibility index (Phi) is 8.02. The molecule has 166 valence electrons. The fourth-order valence-corrected chi connectivity index (χ4v) is 4.25. The van der Waals surface area contributed by atoms with Gasteiger partial charge < -0.3 is 4.74 Å². The molecule has 0 unspecified atom stereocenters. The van der Waals surface area contributed by atoms with Crippen LogP contribution in [-0.2, 0) is 9.59 Å². The number of benzene rings is 2. The zero-order valence-electron chi connectivity index (χ0n) is 17.7. The molecule has 0 aromatic heterocycles. The van der Waals surface area contributed by atoms with E-state index >= 15 is 0 Å². The number of nitrogens with one attached hydrogen (secondary N) is 2. The summed E-state index contributed by atoms with van der Waals surface area (Å²) in [6.45, 7) is 2.25. The van der Waals surface area contributed by atoms with E-state index in [0.717, 1.165) is 11.1 Å². The summed E-state index contributed by atoms with van der Waals surface area (Å²) in [7, 11) is 1.59. The topological polar surface area (TPSA) is 87.7 Å². The van der Waals surface area contributed by atoms with E-state index in [4.69, 9.17) is 17.0 Å². The van der Waals surface area contributed by atoms with E-state index in [-0.39, 0.29) is 18.2 Å². The summed E-state index contributed by atoms with van der Waals surface area (Å²) in [6, 6.07) is 14.4. The molecule has 1 heterocycles. The number of thiocarbonyl (C=S) groups is 1.